The van der Waals surface area contributed by atoms with Crippen LogP contribution in [0.15, 0.2) is 29.1 Å². The minimum Gasteiger partial charge on any atom is -0.372 e. The molecule has 2 unspecified atom stereocenters. The van der Waals surface area contributed by atoms with Gasteiger partial charge in [-0.3, -0.25) is 14.7 Å². The molecule has 3 heterocycles. The zero-order chi connectivity index (χ0) is 19.0. The zero-order valence-corrected chi connectivity index (χ0v) is 16.4. The van der Waals surface area contributed by atoms with Crippen LogP contribution in [0.3, 0.4) is 0 Å². The smallest absolute Gasteiger partial charge is 0.255 e. The van der Waals surface area contributed by atoms with E-state index < -0.39 is 0 Å². The van der Waals surface area contributed by atoms with Gasteiger partial charge in [-0.2, -0.15) is 0 Å². The van der Waals surface area contributed by atoms with Gasteiger partial charge in [-0.15, -0.1) is 0 Å². The summed E-state index contributed by atoms with van der Waals surface area (Å²) in [5, 5.41) is 0. The van der Waals surface area contributed by atoms with Crippen LogP contribution < -0.4 is 10.5 Å². The summed E-state index contributed by atoms with van der Waals surface area (Å²) in [6.45, 7) is 10.2. The summed E-state index contributed by atoms with van der Waals surface area (Å²) in [5.41, 5.74) is 4.34. The van der Waals surface area contributed by atoms with Crippen molar-refractivity contribution in [1.29, 1.82) is 0 Å². The van der Waals surface area contributed by atoms with Crippen molar-refractivity contribution in [1.82, 2.24) is 14.9 Å². The SMILES string of the molecule is Cc1ccc(CN2CCc3c(nc(N4CC(C)OC(C)C4)[nH]c3=O)C2)cc1. The first kappa shape index (κ1) is 18.2. The van der Waals surface area contributed by atoms with Crippen molar-refractivity contribution in [2.24, 2.45) is 0 Å². The summed E-state index contributed by atoms with van der Waals surface area (Å²) in [5.74, 6) is 0.679. The molecule has 1 N–H and O–H groups in total. The number of aryl methyl sites for hydroxylation is 1. The summed E-state index contributed by atoms with van der Waals surface area (Å²) < 4.78 is 5.80. The lowest BCUT2D eigenvalue weighted by molar-refractivity contribution is -0.00576. The van der Waals surface area contributed by atoms with Gasteiger partial charge < -0.3 is 9.64 Å². The largest absolute Gasteiger partial charge is 0.372 e. The van der Waals surface area contributed by atoms with E-state index in [1.165, 1.54) is 11.1 Å². The molecule has 1 fully saturated rings. The van der Waals surface area contributed by atoms with Crippen LogP contribution in [0.5, 0.6) is 0 Å². The first-order chi connectivity index (χ1) is 13.0. The van der Waals surface area contributed by atoms with Crippen molar-refractivity contribution in [3.63, 3.8) is 0 Å². The fourth-order valence-electron chi connectivity index (χ4n) is 4.07. The van der Waals surface area contributed by atoms with Gasteiger partial charge in [0.15, 0.2) is 0 Å². The Morgan fingerprint density at radius 3 is 2.59 bits per heavy atom. The third-order valence-electron chi connectivity index (χ3n) is 5.39. The van der Waals surface area contributed by atoms with Crippen molar-refractivity contribution in [3.05, 3.63) is 57.0 Å². The van der Waals surface area contributed by atoms with Gasteiger partial charge in [-0.05, 0) is 32.8 Å². The summed E-state index contributed by atoms with van der Waals surface area (Å²) in [7, 11) is 0. The van der Waals surface area contributed by atoms with E-state index in [-0.39, 0.29) is 17.8 Å². The Bertz CT molecular complexity index is 851. The molecule has 2 aliphatic rings. The molecule has 0 saturated carbocycles. The minimum atomic E-state index is 0.0109. The highest BCUT2D eigenvalue weighted by Gasteiger charge is 2.26. The van der Waals surface area contributed by atoms with Gasteiger partial charge in [-0.25, -0.2) is 4.98 Å². The molecule has 2 aliphatic heterocycles. The quantitative estimate of drug-likeness (QED) is 0.900. The van der Waals surface area contributed by atoms with Crippen LogP contribution in [0.25, 0.3) is 0 Å². The number of morpholine rings is 1. The number of rotatable bonds is 3. The summed E-state index contributed by atoms with van der Waals surface area (Å²) in [4.78, 5) is 25.0. The van der Waals surface area contributed by atoms with E-state index in [0.717, 1.165) is 50.4 Å². The van der Waals surface area contributed by atoms with Crippen LogP contribution in [0.4, 0.5) is 5.95 Å². The third-order valence-corrected chi connectivity index (χ3v) is 5.39. The number of nitrogens with zero attached hydrogens (tertiary/aromatic N) is 3. The normalized spacial score (nSPS) is 23.3. The van der Waals surface area contributed by atoms with Gasteiger partial charge >= 0.3 is 0 Å². The Morgan fingerprint density at radius 1 is 1.19 bits per heavy atom. The molecular weight excluding hydrogens is 340 g/mol. The molecule has 6 heteroatoms. The Kier molecular flexibility index (Phi) is 5.02. The number of benzene rings is 1. The van der Waals surface area contributed by atoms with Gasteiger partial charge in [0.25, 0.3) is 5.56 Å². The Morgan fingerprint density at radius 2 is 1.89 bits per heavy atom. The lowest BCUT2D eigenvalue weighted by Gasteiger charge is -2.36. The number of nitrogens with one attached hydrogen (secondary N) is 1. The number of hydrogen-bond acceptors (Lipinski definition) is 5. The maximum absolute atomic E-state index is 12.6. The number of anilines is 1. The molecule has 0 amide bonds. The molecule has 0 spiro atoms. The average Bonchev–Trinajstić information content (AvgIpc) is 2.62. The first-order valence-corrected chi connectivity index (χ1v) is 9.78. The fraction of sp³-hybridized carbons (Fsp3) is 0.524. The summed E-state index contributed by atoms with van der Waals surface area (Å²) >= 11 is 0. The predicted molar refractivity (Wildman–Crippen MR) is 106 cm³/mol. The van der Waals surface area contributed by atoms with Crippen LogP contribution in [0.1, 0.15) is 36.2 Å². The Balaban J connectivity index is 1.54. The standard InChI is InChI=1S/C21H28N4O2/c1-14-4-6-17(7-5-14)12-24-9-8-18-19(13-24)22-21(23-20(18)26)25-10-15(2)27-16(3)11-25/h4-7,15-16H,8-13H2,1-3H3,(H,22,23,26). The molecule has 1 aromatic carbocycles. The fourth-order valence-corrected chi connectivity index (χ4v) is 4.07. The third kappa shape index (κ3) is 4.06. The number of hydrogen-bond donors (Lipinski definition) is 1. The highest BCUT2D eigenvalue weighted by atomic mass is 16.5. The second kappa shape index (κ2) is 7.44. The van der Waals surface area contributed by atoms with E-state index in [9.17, 15) is 4.79 Å². The topological polar surface area (TPSA) is 61.5 Å². The zero-order valence-electron chi connectivity index (χ0n) is 16.4. The van der Waals surface area contributed by atoms with Crippen LogP contribution in [-0.2, 0) is 24.2 Å². The molecule has 0 radical (unpaired) electrons. The highest BCUT2D eigenvalue weighted by Crippen LogP contribution is 2.21. The lowest BCUT2D eigenvalue weighted by Crippen LogP contribution is -2.47. The van der Waals surface area contributed by atoms with E-state index in [1.54, 1.807) is 0 Å². The maximum atomic E-state index is 12.6. The van der Waals surface area contributed by atoms with Crippen LogP contribution in [0.2, 0.25) is 0 Å². The molecular formula is C21H28N4O2. The van der Waals surface area contributed by atoms with Gasteiger partial charge in [0.1, 0.15) is 0 Å². The van der Waals surface area contributed by atoms with Crippen molar-refractivity contribution in [2.75, 3.05) is 24.5 Å². The second-order valence-electron chi connectivity index (χ2n) is 7.92. The van der Waals surface area contributed by atoms with Crippen molar-refractivity contribution in [2.45, 2.75) is 52.5 Å². The number of ether oxygens (including phenoxy) is 1. The van der Waals surface area contributed by atoms with Gasteiger partial charge in [0.05, 0.1) is 17.9 Å². The average molecular weight is 368 g/mol. The molecule has 0 bridgehead atoms. The molecule has 4 rings (SSSR count). The van der Waals surface area contributed by atoms with Crippen LogP contribution in [0, 0.1) is 6.92 Å². The number of aromatic nitrogens is 2. The lowest BCUT2D eigenvalue weighted by atomic mass is 10.1. The van der Waals surface area contributed by atoms with Gasteiger partial charge in [-0.1, -0.05) is 29.8 Å². The van der Waals surface area contributed by atoms with Gasteiger partial charge in [0.2, 0.25) is 5.95 Å². The summed E-state index contributed by atoms with van der Waals surface area (Å²) in [6.07, 6.45) is 1.01. The van der Waals surface area contributed by atoms with Crippen molar-refractivity contribution >= 4 is 5.95 Å². The molecule has 1 aromatic heterocycles. The predicted octanol–water partition coefficient (Wildman–Crippen LogP) is 2.25. The highest BCUT2D eigenvalue weighted by molar-refractivity contribution is 5.35. The van der Waals surface area contributed by atoms with Crippen LogP contribution >= 0.6 is 0 Å². The van der Waals surface area contributed by atoms with E-state index in [4.69, 9.17) is 9.72 Å². The first-order valence-electron chi connectivity index (χ1n) is 9.78. The number of H-pyrrole nitrogens is 1. The summed E-state index contributed by atoms with van der Waals surface area (Å²) in [6, 6.07) is 8.65. The molecule has 0 aliphatic carbocycles. The molecule has 27 heavy (non-hydrogen) atoms. The minimum absolute atomic E-state index is 0.0109. The molecule has 144 valence electrons. The number of fused-ring (bicyclic) bond motifs is 1. The monoisotopic (exact) mass is 368 g/mol. The van der Waals surface area contributed by atoms with Crippen molar-refractivity contribution in [3.8, 4) is 0 Å². The molecule has 1 saturated heterocycles. The van der Waals surface area contributed by atoms with E-state index in [1.807, 2.05) is 0 Å². The second-order valence-corrected chi connectivity index (χ2v) is 7.92. The van der Waals surface area contributed by atoms with E-state index in [2.05, 4.69) is 59.8 Å². The van der Waals surface area contributed by atoms with Crippen molar-refractivity contribution < 1.29 is 4.74 Å². The maximum Gasteiger partial charge on any atom is 0.255 e. The van der Waals surface area contributed by atoms with E-state index in [0.29, 0.717) is 5.95 Å². The molecule has 2 atom stereocenters. The molecule has 2 aromatic rings. The Hall–Kier alpha value is -2.18. The Labute approximate surface area is 160 Å². The molecule has 6 nitrogen and oxygen atoms in total. The number of aromatic amines is 1. The van der Waals surface area contributed by atoms with E-state index >= 15 is 0 Å². The van der Waals surface area contributed by atoms with Crippen LogP contribution in [-0.4, -0.2) is 46.7 Å². The van der Waals surface area contributed by atoms with Gasteiger partial charge in [0, 0.05) is 38.3 Å².